The molecule has 0 spiro atoms. The highest BCUT2D eigenvalue weighted by atomic mass is 79.9. The highest BCUT2D eigenvalue weighted by Gasteiger charge is 2.32. The summed E-state index contributed by atoms with van der Waals surface area (Å²) in [6.45, 7) is 5.09. The summed E-state index contributed by atoms with van der Waals surface area (Å²) < 4.78 is 0.808. The summed E-state index contributed by atoms with van der Waals surface area (Å²) >= 11 is 3.30. The molecule has 90 valence electrons. The molecule has 1 aliphatic rings. The number of carboxylic acid groups (broad SMARTS) is 1. The Morgan fingerprint density at radius 1 is 1.53 bits per heavy atom. The fourth-order valence-electron chi connectivity index (χ4n) is 2.30. The maximum atomic E-state index is 11.4. The normalized spacial score (nSPS) is 19.7. The molecule has 4 heteroatoms. The van der Waals surface area contributed by atoms with E-state index in [2.05, 4.69) is 22.5 Å². The SMILES string of the molecule is C=C(Br)CN1CCc2ccccc2C1C(=O)O. The molecule has 0 bridgehead atoms. The Kier molecular flexibility index (Phi) is 3.64. The third-order valence-electron chi connectivity index (χ3n) is 2.99. The summed E-state index contributed by atoms with van der Waals surface area (Å²) in [6, 6.07) is 7.19. The van der Waals surface area contributed by atoms with Crippen LogP contribution in [0.4, 0.5) is 0 Å². The van der Waals surface area contributed by atoms with Crippen molar-refractivity contribution in [2.45, 2.75) is 12.5 Å². The lowest BCUT2D eigenvalue weighted by molar-refractivity contribution is -0.143. The summed E-state index contributed by atoms with van der Waals surface area (Å²) in [5.41, 5.74) is 2.04. The van der Waals surface area contributed by atoms with Gasteiger partial charge in [-0.05, 0) is 17.5 Å². The highest BCUT2D eigenvalue weighted by molar-refractivity contribution is 9.11. The highest BCUT2D eigenvalue weighted by Crippen LogP contribution is 2.30. The molecule has 1 heterocycles. The zero-order valence-electron chi connectivity index (χ0n) is 9.40. The van der Waals surface area contributed by atoms with Gasteiger partial charge in [0.2, 0.25) is 0 Å². The molecule has 0 aliphatic carbocycles. The van der Waals surface area contributed by atoms with Crippen molar-refractivity contribution in [1.82, 2.24) is 4.90 Å². The van der Waals surface area contributed by atoms with Crippen molar-refractivity contribution in [1.29, 1.82) is 0 Å². The predicted molar refractivity (Wildman–Crippen MR) is 70.2 cm³/mol. The van der Waals surface area contributed by atoms with E-state index in [0.29, 0.717) is 6.54 Å². The largest absolute Gasteiger partial charge is 0.480 e. The Balaban J connectivity index is 2.36. The van der Waals surface area contributed by atoms with E-state index in [1.807, 2.05) is 29.2 Å². The van der Waals surface area contributed by atoms with Gasteiger partial charge >= 0.3 is 5.97 Å². The number of aliphatic carboxylic acids is 1. The van der Waals surface area contributed by atoms with E-state index in [1.54, 1.807) is 0 Å². The second-order valence-corrected chi connectivity index (χ2v) is 5.30. The monoisotopic (exact) mass is 295 g/mol. The van der Waals surface area contributed by atoms with E-state index in [0.717, 1.165) is 28.6 Å². The number of carboxylic acids is 1. The molecular formula is C13H14BrNO2. The van der Waals surface area contributed by atoms with Crippen LogP contribution in [0.3, 0.4) is 0 Å². The van der Waals surface area contributed by atoms with Crippen molar-refractivity contribution in [3.05, 3.63) is 46.5 Å². The van der Waals surface area contributed by atoms with Gasteiger partial charge in [0.05, 0.1) is 0 Å². The Bertz CT molecular complexity index is 458. The Morgan fingerprint density at radius 2 is 2.24 bits per heavy atom. The summed E-state index contributed by atoms with van der Waals surface area (Å²) in [5, 5.41) is 9.38. The van der Waals surface area contributed by atoms with Crippen LogP contribution in [0.5, 0.6) is 0 Å². The quantitative estimate of drug-likeness (QED) is 0.932. The number of fused-ring (bicyclic) bond motifs is 1. The van der Waals surface area contributed by atoms with Crippen molar-refractivity contribution in [3.63, 3.8) is 0 Å². The van der Waals surface area contributed by atoms with Gasteiger partial charge in [-0.3, -0.25) is 9.69 Å². The molecule has 0 fully saturated rings. The summed E-state index contributed by atoms with van der Waals surface area (Å²) in [5.74, 6) is -0.800. The topological polar surface area (TPSA) is 40.5 Å². The van der Waals surface area contributed by atoms with E-state index < -0.39 is 12.0 Å². The van der Waals surface area contributed by atoms with Crippen LogP contribution in [0.15, 0.2) is 35.3 Å². The molecule has 1 aromatic rings. The van der Waals surface area contributed by atoms with Gasteiger partial charge in [-0.1, -0.05) is 46.8 Å². The minimum absolute atomic E-state index is 0.561. The number of nitrogens with zero attached hydrogens (tertiary/aromatic N) is 1. The molecule has 1 aromatic carbocycles. The van der Waals surface area contributed by atoms with Crippen molar-refractivity contribution in [2.24, 2.45) is 0 Å². The minimum Gasteiger partial charge on any atom is -0.480 e. The van der Waals surface area contributed by atoms with Crippen molar-refractivity contribution < 1.29 is 9.90 Å². The number of halogens is 1. The summed E-state index contributed by atoms with van der Waals surface area (Å²) in [4.78, 5) is 13.4. The first-order valence-corrected chi connectivity index (χ1v) is 6.27. The standard InChI is InChI=1S/C13H14BrNO2/c1-9(14)8-15-7-6-10-4-2-3-5-11(10)12(15)13(16)17/h2-5,12H,1,6-8H2,(H,16,17). The molecule has 0 saturated heterocycles. The molecule has 0 radical (unpaired) electrons. The number of benzene rings is 1. The van der Waals surface area contributed by atoms with Crippen molar-refractivity contribution in [3.8, 4) is 0 Å². The second-order valence-electron chi connectivity index (χ2n) is 4.18. The molecule has 0 aromatic heterocycles. The number of hydrogen-bond acceptors (Lipinski definition) is 2. The van der Waals surface area contributed by atoms with E-state index in [9.17, 15) is 9.90 Å². The summed E-state index contributed by atoms with van der Waals surface area (Å²) in [6.07, 6.45) is 0.889. The first-order chi connectivity index (χ1) is 8.09. The maximum absolute atomic E-state index is 11.4. The Hall–Kier alpha value is -1.13. The van der Waals surface area contributed by atoms with Crippen molar-refractivity contribution >= 4 is 21.9 Å². The average molecular weight is 296 g/mol. The van der Waals surface area contributed by atoms with Gasteiger partial charge in [0.15, 0.2) is 0 Å². The van der Waals surface area contributed by atoms with E-state index in [4.69, 9.17) is 0 Å². The molecule has 0 amide bonds. The van der Waals surface area contributed by atoms with Crippen LogP contribution in [-0.4, -0.2) is 29.1 Å². The van der Waals surface area contributed by atoms with Crippen LogP contribution in [0.2, 0.25) is 0 Å². The van der Waals surface area contributed by atoms with Gasteiger partial charge in [0, 0.05) is 17.6 Å². The smallest absolute Gasteiger partial charge is 0.325 e. The van der Waals surface area contributed by atoms with E-state index >= 15 is 0 Å². The molecule has 1 aliphatic heterocycles. The number of rotatable bonds is 3. The average Bonchev–Trinajstić information content (AvgIpc) is 2.27. The van der Waals surface area contributed by atoms with Crippen LogP contribution in [0.1, 0.15) is 17.2 Å². The van der Waals surface area contributed by atoms with Gasteiger partial charge in [-0.15, -0.1) is 0 Å². The van der Waals surface area contributed by atoms with Gasteiger partial charge in [-0.2, -0.15) is 0 Å². The number of hydrogen-bond donors (Lipinski definition) is 1. The van der Waals surface area contributed by atoms with Crippen LogP contribution < -0.4 is 0 Å². The molecule has 17 heavy (non-hydrogen) atoms. The lowest BCUT2D eigenvalue weighted by Gasteiger charge is -2.34. The van der Waals surface area contributed by atoms with Gasteiger partial charge in [0.1, 0.15) is 6.04 Å². The second kappa shape index (κ2) is 5.02. The molecule has 2 rings (SSSR count). The van der Waals surface area contributed by atoms with E-state index in [1.165, 1.54) is 0 Å². The minimum atomic E-state index is -0.800. The van der Waals surface area contributed by atoms with Gasteiger partial charge < -0.3 is 5.11 Å². The zero-order chi connectivity index (χ0) is 12.4. The van der Waals surface area contributed by atoms with Gasteiger partial charge in [-0.25, -0.2) is 0 Å². The summed E-state index contributed by atoms with van der Waals surface area (Å²) in [7, 11) is 0. The van der Waals surface area contributed by atoms with Crippen LogP contribution in [0.25, 0.3) is 0 Å². The van der Waals surface area contributed by atoms with Crippen LogP contribution in [0, 0.1) is 0 Å². The van der Waals surface area contributed by atoms with Crippen molar-refractivity contribution in [2.75, 3.05) is 13.1 Å². The first kappa shape index (κ1) is 12.3. The third kappa shape index (κ3) is 2.58. The molecule has 1 atom stereocenters. The molecule has 1 unspecified atom stereocenters. The zero-order valence-corrected chi connectivity index (χ0v) is 11.0. The predicted octanol–water partition coefficient (Wildman–Crippen LogP) is 2.58. The maximum Gasteiger partial charge on any atom is 0.325 e. The van der Waals surface area contributed by atoms with E-state index in [-0.39, 0.29) is 0 Å². The van der Waals surface area contributed by atoms with Gasteiger partial charge in [0.25, 0.3) is 0 Å². The fourth-order valence-corrected chi connectivity index (χ4v) is 2.62. The molecular weight excluding hydrogens is 282 g/mol. The Labute approximate surface area is 109 Å². The molecule has 1 N–H and O–H groups in total. The third-order valence-corrected chi connectivity index (χ3v) is 3.24. The lowest BCUT2D eigenvalue weighted by atomic mass is 9.92. The molecule has 3 nitrogen and oxygen atoms in total. The lowest BCUT2D eigenvalue weighted by Crippen LogP contribution is -2.40. The van der Waals surface area contributed by atoms with Crippen LogP contribution >= 0.6 is 15.9 Å². The van der Waals surface area contributed by atoms with Crippen LogP contribution in [-0.2, 0) is 11.2 Å². The molecule has 0 saturated carbocycles. The Morgan fingerprint density at radius 3 is 2.88 bits per heavy atom. The fraction of sp³-hybridized carbons (Fsp3) is 0.308. The number of carbonyl (C=O) groups is 1. The first-order valence-electron chi connectivity index (χ1n) is 5.47.